The summed E-state index contributed by atoms with van der Waals surface area (Å²) in [5.41, 5.74) is 2.68. The summed E-state index contributed by atoms with van der Waals surface area (Å²) in [6.45, 7) is 6.84. The molecule has 0 aliphatic heterocycles. The molecule has 2 aromatic rings. The van der Waals surface area contributed by atoms with Crippen molar-refractivity contribution in [2.75, 3.05) is 27.3 Å². The number of hydrogen-bond donors (Lipinski definition) is 1. The summed E-state index contributed by atoms with van der Waals surface area (Å²) in [5, 5.41) is 10.2. The van der Waals surface area contributed by atoms with Crippen molar-refractivity contribution in [3.8, 4) is 5.75 Å². The highest BCUT2D eigenvalue weighted by molar-refractivity contribution is 5.90. The smallest absolute Gasteiger partial charge is 0.341 e. The molecule has 1 aromatic heterocycles. The van der Waals surface area contributed by atoms with E-state index in [-0.39, 0.29) is 6.61 Å². The van der Waals surface area contributed by atoms with Crippen LogP contribution in [0.1, 0.15) is 33.0 Å². The summed E-state index contributed by atoms with van der Waals surface area (Å²) in [5.74, 6) is 1.52. The Hall–Kier alpha value is -2.31. The Bertz CT molecular complexity index is 732. The Kier molecular flexibility index (Phi) is 6.83. The average Bonchev–Trinajstić information content (AvgIpc) is 2.91. The number of ether oxygens (including phenoxy) is 2. The second-order valence-electron chi connectivity index (χ2n) is 6.66. The van der Waals surface area contributed by atoms with Gasteiger partial charge < -0.3 is 19.0 Å². The zero-order chi connectivity index (χ0) is 19.3. The van der Waals surface area contributed by atoms with Crippen molar-refractivity contribution in [3.05, 3.63) is 52.5 Å². The highest BCUT2D eigenvalue weighted by Gasteiger charge is 2.17. The highest BCUT2D eigenvalue weighted by Crippen LogP contribution is 2.18. The molecular formula is C20H27NO5. The number of furan rings is 1. The van der Waals surface area contributed by atoms with Crippen LogP contribution in [0.5, 0.6) is 5.75 Å². The lowest BCUT2D eigenvalue weighted by Gasteiger charge is -2.20. The van der Waals surface area contributed by atoms with Crippen LogP contribution in [0.2, 0.25) is 0 Å². The van der Waals surface area contributed by atoms with Gasteiger partial charge in [-0.2, -0.15) is 0 Å². The van der Waals surface area contributed by atoms with Crippen LogP contribution in [0.4, 0.5) is 0 Å². The number of esters is 1. The number of hydrogen-bond acceptors (Lipinski definition) is 6. The van der Waals surface area contributed by atoms with E-state index in [4.69, 9.17) is 13.9 Å². The van der Waals surface area contributed by atoms with E-state index < -0.39 is 12.1 Å². The fourth-order valence-corrected chi connectivity index (χ4v) is 2.89. The summed E-state index contributed by atoms with van der Waals surface area (Å²) in [4.78, 5) is 13.5. The first-order valence-electron chi connectivity index (χ1n) is 8.53. The molecule has 0 aliphatic rings. The topological polar surface area (TPSA) is 72.1 Å². The molecule has 1 atom stereocenters. The fourth-order valence-electron chi connectivity index (χ4n) is 2.89. The number of rotatable bonds is 8. The summed E-state index contributed by atoms with van der Waals surface area (Å²) in [6.07, 6.45) is -0.642. The molecule has 1 unspecified atom stereocenters. The maximum absolute atomic E-state index is 11.6. The monoisotopic (exact) mass is 361 g/mol. The average molecular weight is 361 g/mol. The van der Waals surface area contributed by atoms with Crippen molar-refractivity contribution in [2.45, 2.75) is 33.4 Å². The van der Waals surface area contributed by atoms with Crippen molar-refractivity contribution in [1.82, 2.24) is 4.90 Å². The second-order valence-corrected chi connectivity index (χ2v) is 6.66. The molecule has 1 N–H and O–H groups in total. The van der Waals surface area contributed by atoms with Crippen LogP contribution in [-0.4, -0.2) is 49.4 Å². The van der Waals surface area contributed by atoms with Crippen LogP contribution in [-0.2, 0) is 11.3 Å². The molecule has 1 heterocycles. The van der Waals surface area contributed by atoms with Gasteiger partial charge in [0.25, 0.3) is 0 Å². The lowest BCUT2D eigenvalue weighted by atomic mass is 10.1. The van der Waals surface area contributed by atoms with Gasteiger partial charge in [0.15, 0.2) is 0 Å². The number of methoxy groups -OCH3 is 1. The highest BCUT2D eigenvalue weighted by atomic mass is 16.5. The summed E-state index contributed by atoms with van der Waals surface area (Å²) >= 11 is 0. The van der Waals surface area contributed by atoms with Gasteiger partial charge in [-0.05, 0) is 57.1 Å². The fraction of sp³-hybridized carbons (Fsp3) is 0.450. The Morgan fingerprint density at radius 3 is 2.46 bits per heavy atom. The summed E-state index contributed by atoms with van der Waals surface area (Å²) in [7, 11) is 3.21. The zero-order valence-electron chi connectivity index (χ0n) is 16.0. The van der Waals surface area contributed by atoms with E-state index >= 15 is 0 Å². The molecule has 6 nitrogen and oxygen atoms in total. The lowest BCUT2D eigenvalue weighted by Crippen LogP contribution is -2.32. The van der Waals surface area contributed by atoms with Gasteiger partial charge in [-0.1, -0.05) is 6.07 Å². The standard InChI is InChI=1S/C20H27NO5/c1-13-6-14(2)8-17(7-13)25-12-16(22)10-21(4)11-18-9-19(15(3)26-18)20(23)24-5/h6-9,16,22H,10-12H2,1-5H3. The number of carbonyl (C=O) groups is 1. The molecule has 0 radical (unpaired) electrons. The van der Waals surface area contributed by atoms with Crippen LogP contribution in [0.3, 0.4) is 0 Å². The Balaban J connectivity index is 1.85. The van der Waals surface area contributed by atoms with E-state index in [0.29, 0.717) is 30.2 Å². The third-order valence-electron chi connectivity index (χ3n) is 3.96. The number of benzene rings is 1. The maximum atomic E-state index is 11.6. The molecular weight excluding hydrogens is 334 g/mol. The number of likely N-dealkylation sites (N-methyl/N-ethyl adjacent to an activating group) is 1. The van der Waals surface area contributed by atoms with Crippen molar-refractivity contribution < 1.29 is 23.8 Å². The van der Waals surface area contributed by atoms with Crippen molar-refractivity contribution in [1.29, 1.82) is 0 Å². The van der Waals surface area contributed by atoms with E-state index in [1.165, 1.54) is 7.11 Å². The number of aliphatic hydroxyl groups is 1. The quantitative estimate of drug-likeness (QED) is 0.729. The van der Waals surface area contributed by atoms with E-state index in [1.807, 2.05) is 37.9 Å². The molecule has 0 saturated carbocycles. The third-order valence-corrected chi connectivity index (χ3v) is 3.96. The van der Waals surface area contributed by atoms with Crippen molar-refractivity contribution in [3.63, 3.8) is 0 Å². The van der Waals surface area contributed by atoms with E-state index in [1.54, 1.807) is 13.0 Å². The molecule has 0 saturated heterocycles. The number of aliphatic hydroxyl groups excluding tert-OH is 1. The van der Waals surface area contributed by atoms with Gasteiger partial charge in [-0.3, -0.25) is 4.90 Å². The van der Waals surface area contributed by atoms with Gasteiger partial charge >= 0.3 is 5.97 Å². The van der Waals surface area contributed by atoms with Gasteiger partial charge in [-0.25, -0.2) is 4.79 Å². The Morgan fingerprint density at radius 2 is 1.85 bits per heavy atom. The molecule has 0 spiro atoms. The van der Waals surface area contributed by atoms with E-state index in [9.17, 15) is 9.90 Å². The largest absolute Gasteiger partial charge is 0.491 e. The normalized spacial score (nSPS) is 12.3. The van der Waals surface area contributed by atoms with Gasteiger partial charge in [-0.15, -0.1) is 0 Å². The molecule has 26 heavy (non-hydrogen) atoms. The molecule has 142 valence electrons. The maximum Gasteiger partial charge on any atom is 0.341 e. The second kappa shape index (κ2) is 8.87. The van der Waals surface area contributed by atoms with Crippen LogP contribution >= 0.6 is 0 Å². The first kappa shape index (κ1) is 20.0. The number of aryl methyl sites for hydroxylation is 3. The minimum Gasteiger partial charge on any atom is -0.491 e. The molecule has 0 aliphatic carbocycles. The van der Waals surface area contributed by atoms with Gasteiger partial charge in [0.1, 0.15) is 35.5 Å². The summed E-state index contributed by atoms with van der Waals surface area (Å²) in [6, 6.07) is 7.65. The summed E-state index contributed by atoms with van der Waals surface area (Å²) < 4.78 is 16.0. The van der Waals surface area contributed by atoms with Crippen LogP contribution < -0.4 is 4.74 Å². The third kappa shape index (κ3) is 5.61. The SMILES string of the molecule is COC(=O)c1cc(CN(C)CC(O)COc2cc(C)cc(C)c2)oc1C. The van der Waals surface area contributed by atoms with Crippen LogP contribution in [0.25, 0.3) is 0 Å². The van der Waals surface area contributed by atoms with Crippen LogP contribution in [0, 0.1) is 20.8 Å². The van der Waals surface area contributed by atoms with Gasteiger partial charge in [0, 0.05) is 6.54 Å². The van der Waals surface area contributed by atoms with E-state index in [2.05, 4.69) is 6.07 Å². The molecule has 0 fully saturated rings. The first-order valence-corrected chi connectivity index (χ1v) is 8.53. The molecule has 6 heteroatoms. The zero-order valence-corrected chi connectivity index (χ0v) is 16.0. The Morgan fingerprint density at radius 1 is 1.19 bits per heavy atom. The molecule has 2 rings (SSSR count). The van der Waals surface area contributed by atoms with Gasteiger partial charge in [0.05, 0.1) is 13.7 Å². The minimum atomic E-state index is -0.642. The first-order chi connectivity index (χ1) is 12.3. The Labute approximate surface area is 154 Å². The van der Waals surface area contributed by atoms with Crippen molar-refractivity contribution in [2.24, 2.45) is 0 Å². The predicted molar refractivity (Wildman–Crippen MR) is 98.5 cm³/mol. The van der Waals surface area contributed by atoms with Gasteiger partial charge in [0.2, 0.25) is 0 Å². The molecule has 0 bridgehead atoms. The number of nitrogens with zero attached hydrogens (tertiary/aromatic N) is 1. The number of carbonyl (C=O) groups excluding carboxylic acids is 1. The van der Waals surface area contributed by atoms with Crippen molar-refractivity contribution >= 4 is 5.97 Å². The minimum absolute atomic E-state index is 0.206. The van der Waals surface area contributed by atoms with Crippen LogP contribution in [0.15, 0.2) is 28.7 Å². The predicted octanol–water partition coefficient (Wildman–Crippen LogP) is 2.86. The molecule has 1 aromatic carbocycles. The lowest BCUT2D eigenvalue weighted by molar-refractivity contribution is 0.0598. The van der Waals surface area contributed by atoms with E-state index in [0.717, 1.165) is 16.9 Å². The molecule has 0 amide bonds.